The first-order valence-corrected chi connectivity index (χ1v) is 9.54. The molecular weight excluding hydrogens is 392 g/mol. The van der Waals surface area contributed by atoms with Crippen molar-refractivity contribution in [2.45, 2.75) is 18.9 Å². The van der Waals surface area contributed by atoms with Gasteiger partial charge >= 0.3 is 5.97 Å². The molecule has 3 rings (SSSR count). The van der Waals surface area contributed by atoms with Crippen molar-refractivity contribution in [1.82, 2.24) is 9.80 Å². The molecule has 1 amide bonds. The molecule has 1 aromatic carbocycles. The van der Waals surface area contributed by atoms with Crippen LogP contribution in [0.4, 0.5) is 0 Å². The van der Waals surface area contributed by atoms with Gasteiger partial charge in [0.2, 0.25) is 17.6 Å². The molecule has 1 aliphatic heterocycles. The van der Waals surface area contributed by atoms with E-state index in [0.717, 1.165) is 6.41 Å². The van der Waals surface area contributed by atoms with E-state index >= 15 is 0 Å². The number of hydrogen-bond acceptors (Lipinski definition) is 8. The van der Waals surface area contributed by atoms with Gasteiger partial charge in [-0.3, -0.25) is 19.3 Å². The molecule has 2 aromatic rings. The molecule has 0 aliphatic carbocycles. The van der Waals surface area contributed by atoms with E-state index in [1.165, 1.54) is 25.3 Å². The van der Waals surface area contributed by atoms with Gasteiger partial charge in [0.1, 0.15) is 11.5 Å². The molecule has 0 radical (unpaired) electrons. The molecule has 1 aliphatic rings. The average Bonchev–Trinajstić information content (AvgIpc) is 2.75. The van der Waals surface area contributed by atoms with Crippen molar-refractivity contribution >= 4 is 12.4 Å². The van der Waals surface area contributed by atoms with Gasteiger partial charge in [-0.2, -0.15) is 0 Å². The average molecular weight is 416 g/mol. The Kier molecular flexibility index (Phi) is 6.73. The normalized spacial score (nSPS) is 15.6. The first-order valence-electron chi connectivity index (χ1n) is 9.54. The molecule has 30 heavy (non-hydrogen) atoms. The maximum absolute atomic E-state index is 12.4. The summed E-state index contributed by atoms with van der Waals surface area (Å²) < 4.78 is 10.6. The summed E-state index contributed by atoms with van der Waals surface area (Å²) >= 11 is 0. The fraction of sp³-hybridized carbons (Fsp3) is 0.381. The van der Waals surface area contributed by atoms with Crippen LogP contribution in [0.15, 0.2) is 39.5 Å². The molecule has 1 atom stereocenters. The van der Waals surface area contributed by atoms with Crippen molar-refractivity contribution in [3.63, 3.8) is 0 Å². The summed E-state index contributed by atoms with van der Waals surface area (Å²) in [5.74, 6) is -1.69. The van der Waals surface area contributed by atoms with E-state index in [1.807, 2.05) is 4.90 Å². The van der Waals surface area contributed by atoms with Gasteiger partial charge in [0, 0.05) is 32.2 Å². The number of esters is 1. The zero-order valence-corrected chi connectivity index (χ0v) is 16.6. The SMILES string of the molecule is COC(=O)C[C@@H](c1cccc(O)c1)c1oc(CN2CCN(C=O)CC2)cc(=O)c1O. The van der Waals surface area contributed by atoms with Crippen LogP contribution in [-0.2, 0) is 20.9 Å². The summed E-state index contributed by atoms with van der Waals surface area (Å²) in [6, 6.07) is 7.41. The van der Waals surface area contributed by atoms with Crippen LogP contribution in [0.3, 0.4) is 0 Å². The molecular formula is C21H24N2O7. The van der Waals surface area contributed by atoms with Crippen LogP contribution in [0.5, 0.6) is 11.5 Å². The van der Waals surface area contributed by atoms with Crippen molar-refractivity contribution in [2.75, 3.05) is 33.3 Å². The fourth-order valence-corrected chi connectivity index (χ4v) is 3.47. The first-order chi connectivity index (χ1) is 14.4. The standard InChI is InChI=1S/C21H24N2O7/c1-29-19(27)11-17(14-3-2-4-15(25)9-14)21-20(28)18(26)10-16(30-21)12-22-5-7-23(13-24)8-6-22/h2-4,9-10,13,17,25,28H,5-8,11-12H2,1H3/t17-/m0/s1. The molecule has 0 saturated carbocycles. The molecule has 1 fully saturated rings. The van der Waals surface area contributed by atoms with Crippen molar-refractivity contribution in [3.8, 4) is 11.5 Å². The van der Waals surface area contributed by atoms with Gasteiger partial charge < -0.3 is 24.3 Å². The second kappa shape index (κ2) is 9.45. The minimum Gasteiger partial charge on any atom is -0.508 e. The van der Waals surface area contributed by atoms with Gasteiger partial charge in [0.05, 0.1) is 26.0 Å². The highest BCUT2D eigenvalue weighted by Crippen LogP contribution is 2.34. The van der Waals surface area contributed by atoms with Gasteiger partial charge in [0.15, 0.2) is 5.76 Å². The fourth-order valence-electron chi connectivity index (χ4n) is 3.47. The minimum atomic E-state index is -0.816. The lowest BCUT2D eigenvalue weighted by molar-refractivity contribution is -0.141. The van der Waals surface area contributed by atoms with Crippen LogP contribution in [0.1, 0.15) is 29.4 Å². The number of carbonyl (C=O) groups excluding carboxylic acids is 2. The molecule has 160 valence electrons. The van der Waals surface area contributed by atoms with E-state index in [0.29, 0.717) is 44.0 Å². The zero-order valence-electron chi connectivity index (χ0n) is 16.6. The van der Waals surface area contributed by atoms with E-state index in [4.69, 9.17) is 9.15 Å². The smallest absolute Gasteiger partial charge is 0.306 e. The zero-order chi connectivity index (χ0) is 21.7. The molecule has 9 heteroatoms. The Labute approximate surface area is 173 Å². The summed E-state index contributed by atoms with van der Waals surface area (Å²) in [5.41, 5.74) is -0.122. The Morgan fingerprint density at radius 3 is 2.60 bits per heavy atom. The van der Waals surface area contributed by atoms with Crippen LogP contribution in [-0.4, -0.2) is 65.7 Å². The molecule has 0 bridgehead atoms. The second-order valence-corrected chi connectivity index (χ2v) is 7.14. The third-order valence-corrected chi connectivity index (χ3v) is 5.12. The third-order valence-electron chi connectivity index (χ3n) is 5.12. The predicted molar refractivity (Wildman–Crippen MR) is 106 cm³/mol. The molecule has 2 N–H and O–H groups in total. The van der Waals surface area contributed by atoms with E-state index in [-0.39, 0.29) is 17.9 Å². The van der Waals surface area contributed by atoms with Gasteiger partial charge in [-0.1, -0.05) is 12.1 Å². The Balaban J connectivity index is 1.94. The molecule has 9 nitrogen and oxygen atoms in total. The Morgan fingerprint density at radius 2 is 1.97 bits per heavy atom. The van der Waals surface area contributed by atoms with Crippen molar-refractivity contribution in [3.05, 3.63) is 57.6 Å². The number of carbonyl (C=O) groups is 2. The van der Waals surface area contributed by atoms with Crippen LogP contribution in [0.2, 0.25) is 0 Å². The monoisotopic (exact) mass is 416 g/mol. The number of phenolic OH excluding ortho intramolecular Hbond substituents is 1. The lowest BCUT2D eigenvalue weighted by Crippen LogP contribution is -2.45. The Bertz CT molecular complexity index is 964. The number of nitrogens with zero attached hydrogens (tertiary/aromatic N) is 2. The second-order valence-electron chi connectivity index (χ2n) is 7.14. The number of methoxy groups -OCH3 is 1. The summed E-state index contributed by atoms with van der Waals surface area (Å²) in [4.78, 5) is 39.0. The molecule has 0 unspecified atom stereocenters. The number of phenols is 1. The van der Waals surface area contributed by atoms with E-state index in [1.54, 1.807) is 17.0 Å². The highest BCUT2D eigenvalue weighted by Gasteiger charge is 2.27. The number of aromatic hydroxyl groups is 2. The number of piperazine rings is 1. The quantitative estimate of drug-likeness (QED) is 0.507. The minimum absolute atomic E-state index is 0.0200. The maximum Gasteiger partial charge on any atom is 0.306 e. The topological polar surface area (TPSA) is 121 Å². The summed E-state index contributed by atoms with van der Waals surface area (Å²) in [5, 5.41) is 20.2. The largest absolute Gasteiger partial charge is 0.508 e. The number of rotatable bonds is 7. The summed E-state index contributed by atoms with van der Waals surface area (Å²) in [7, 11) is 1.24. The number of amides is 1. The Hall–Kier alpha value is -3.33. The van der Waals surface area contributed by atoms with Gasteiger partial charge in [-0.25, -0.2) is 0 Å². The van der Waals surface area contributed by atoms with Crippen LogP contribution in [0.25, 0.3) is 0 Å². The number of ether oxygens (including phenoxy) is 1. The van der Waals surface area contributed by atoms with Crippen molar-refractivity contribution < 1.29 is 29.0 Å². The highest BCUT2D eigenvalue weighted by molar-refractivity contribution is 5.71. The van der Waals surface area contributed by atoms with Crippen LogP contribution < -0.4 is 5.43 Å². The molecule has 1 aromatic heterocycles. The summed E-state index contributed by atoms with van der Waals surface area (Å²) in [6.07, 6.45) is 0.626. The molecule has 2 heterocycles. The van der Waals surface area contributed by atoms with E-state index in [9.17, 15) is 24.6 Å². The van der Waals surface area contributed by atoms with Crippen LogP contribution in [0, 0.1) is 0 Å². The lowest BCUT2D eigenvalue weighted by Gasteiger charge is -2.32. The molecule has 1 saturated heterocycles. The van der Waals surface area contributed by atoms with Crippen molar-refractivity contribution in [1.29, 1.82) is 0 Å². The highest BCUT2D eigenvalue weighted by atomic mass is 16.5. The van der Waals surface area contributed by atoms with Gasteiger partial charge in [-0.05, 0) is 17.7 Å². The third kappa shape index (κ3) is 4.98. The number of benzene rings is 1. The Morgan fingerprint density at radius 1 is 1.23 bits per heavy atom. The van der Waals surface area contributed by atoms with E-state index < -0.39 is 23.1 Å². The van der Waals surface area contributed by atoms with Gasteiger partial charge in [0.25, 0.3) is 0 Å². The van der Waals surface area contributed by atoms with Crippen molar-refractivity contribution in [2.24, 2.45) is 0 Å². The van der Waals surface area contributed by atoms with Gasteiger partial charge in [-0.15, -0.1) is 0 Å². The number of hydrogen-bond donors (Lipinski definition) is 2. The molecule has 0 spiro atoms. The van der Waals surface area contributed by atoms with E-state index in [2.05, 4.69) is 0 Å². The maximum atomic E-state index is 12.4. The van der Waals surface area contributed by atoms with Crippen LogP contribution >= 0.6 is 0 Å². The first kappa shape index (κ1) is 21.4. The lowest BCUT2D eigenvalue weighted by atomic mass is 9.92. The predicted octanol–water partition coefficient (Wildman–Crippen LogP) is 1.02. The summed E-state index contributed by atoms with van der Waals surface area (Å²) in [6.45, 7) is 2.72.